The minimum absolute atomic E-state index is 0. The van der Waals surface area contributed by atoms with Crippen molar-refractivity contribution >= 4 is 18.4 Å². The summed E-state index contributed by atoms with van der Waals surface area (Å²) in [6.45, 7) is 3.48. The van der Waals surface area contributed by atoms with Crippen LogP contribution in [0.5, 0.6) is 0 Å². The summed E-state index contributed by atoms with van der Waals surface area (Å²) in [5.74, 6) is 1.31. The monoisotopic (exact) mass is 219 g/mol. The first-order valence-electron chi connectivity index (χ1n) is 5.18. The Morgan fingerprint density at radius 1 is 1.50 bits per heavy atom. The Labute approximate surface area is 91.0 Å². The molecule has 82 valence electrons. The van der Waals surface area contributed by atoms with Gasteiger partial charge in [-0.15, -0.1) is 12.4 Å². The van der Waals surface area contributed by atoms with Gasteiger partial charge in [-0.2, -0.15) is 0 Å². The molecular weight excluding hydrogens is 202 g/mol. The molecule has 3 nitrogen and oxygen atoms in total. The van der Waals surface area contributed by atoms with Crippen molar-refractivity contribution in [1.29, 1.82) is 0 Å². The molecule has 1 saturated heterocycles. The van der Waals surface area contributed by atoms with E-state index >= 15 is 0 Å². The Morgan fingerprint density at radius 2 is 2.29 bits per heavy atom. The Balaban J connectivity index is 0.000000980. The number of rotatable bonds is 3. The average Bonchev–Trinajstić information content (AvgIpc) is 2.65. The van der Waals surface area contributed by atoms with Crippen LogP contribution in [-0.4, -0.2) is 25.2 Å². The Kier molecular flexibility index (Phi) is 4.20. The van der Waals surface area contributed by atoms with E-state index in [1.165, 1.54) is 12.8 Å². The number of halogens is 1. The SMILES string of the molecule is CCOC(=O)CC1CC2CC1CN2.Cl. The lowest BCUT2D eigenvalue weighted by Crippen LogP contribution is -2.30. The molecule has 2 aliphatic rings. The Morgan fingerprint density at radius 3 is 2.79 bits per heavy atom. The quantitative estimate of drug-likeness (QED) is 0.729. The molecule has 0 aromatic carbocycles. The zero-order valence-corrected chi connectivity index (χ0v) is 9.31. The Bertz CT molecular complexity index is 210. The van der Waals surface area contributed by atoms with Crippen molar-refractivity contribution in [2.45, 2.75) is 32.2 Å². The molecule has 0 spiro atoms. The Hall–Kier alpha value is -0.280. The van der Waals surface area contributed by atoms with Gasteiger partial charge in [0.05, 0.1) is 6.61 Å². The smallest absolute Gasteiger partial charge is 0.306 e. The van der Waals surface area contributed by atoms with E-state index < -0.39 is 0 Å². The predicted molar refractivity (Wildman–Crippen MR) is 56.5 cm³/mol. The number of carbonyl (C=O) groups excluding carboxylic acids is 1. The minimum Gasteiger partial charge on any atom is -0.466 e. The zero-order chi connectivity index (χ0) is 9.26. The summed E-state index contributed by atoms with van der Waals surface area (Å²) in [6.07, 6.45) is 3.07. The number of hydrogen-bond acceptors (Lipinski definition) is 3. The normalized spacial score (nSPS) is 33.9. The molecule has 4 heteroatoms. The van der Waals surface area contributed by atoms with Crippen LogP contribution in [0.15, 0.2) is 0 Å². The van der Waals surface area contributed by atoms with Gasteiger partial charge in [0.25, 0.3) is 0 Å². The van der Waals surface area contributed by atoms with Gasteiger partial charge in [-0.25, -0.2) is 0 Å². The average molecular weight is 220 g/mol. The van der Waals surface area contributed by atoms with E-state index in [-0.39, 0.29) is 18.4 Å². The van der Waals surface area contributed by atoms with Crippen LogP contribution >= 0.6 is 12.4 Å². The molecule has 1 aliphatic carbocycles. The maximum atomic E-state index is 11.2. The second-order valence-corrected chi connectivity index (χ2v) is 4.11. The van der Waals surface area contributed by atoms with Crippen molar-refractivity contribution in [1.82, 2.24) is 5.32 Å². The van der Waals surface area contributed by atoms with Crippen LogP contribution in [0.25, 0.3) is 0 Å². The molecule has 2 bridgehead atoms. The largest absolute Gasteiger partial charge is 0.466 e. The number of fused-ring (bicyclic) bond motifs is 2. The summed E-state index contributed by atoms with van der Waals surface area (Å²) in [6, 6.07) is 0.685. The van der Waals surface area contributed by atoms with Gasteiger partial charge in [-0.05, 0) is 38.1 Å². The third kappa shape index (κ3) is 2.39. The number of ether oxygens (including phenoxy) is 1. The van der Waals surface area contributed by atoms with Crippen LogP contribution in [0.2, 0.25) is 0 Å². The van der Waals surface area contributed by atoms with Gasteiger partial charge in [0.2, 0.25) is 0 Å². The van der Waals surface area contributed by atoms with Gasteiger partial charge in [0.1, 0.15) is 0 Å². The highest BCUT2D eigenvalue weighted by Crippen LogP contribution is 2.38. The minimum atomic E-state index is -0.0138. The fourth-order valence-corrected chi connectivity index (χ4v) is 2.63. The molecule has 0 radical (unpaired) electrons. The van der Waals surface area contributed by atoms with Gasteiger partial charge >= 0.3 is 5.97 Å². The summed E-state index contributed by atoms with van der Waals surface area (Å²) < 4.78 is 4.95. The van der Waals surface area contributed by atoms with E-state index in [1.807, 2.05) is 6.92 Å². The number of esters is 1. The zero-order valence-electron chi connectivity index (χ0n) is 8.49. The van der Waals surface area contributed by atoms with Crippen LogP contribution < -0.4 is 5.32 Å². The summed E-state index contributed by atoms with van der Waals surface area (Å²) >= 11 is 0. The number of carbonyl (C=O) groups is 1. The molecule has 1 N–H and O–H groups in total. The number of nitrogens with one attached hydrogen (secondary N) is 1. The standard InChI is InChI=1S/C10H17NO2.ClH/c1-2-13-10(12)5-7-3-9-4-8(7)6-11-9;/h7-9,11H,2-6H2,1H3;1H. The fraction of sp³-hybridized carbons (Fsp3) is 0.900. The highest BCUT2D eigenvalue weighted by molar-refractivity contribution is 5.85. The van der Waals surface area contributed by atoms with Crippen LogP contribution in [0.1, 0.15) is 26.2 Å². The van der Waals surface area contributed by atoms with E-state index in [2.05, 4.69) is 5.32 Å². The maximum absolute atomic E-state index is 11.2. The second-order valence-electron chi connectivity index (χ2n) is 4.11. The molecule has 14 heavy (non-hydrogen) atoms. The van der Waals surface area contributed by atoms with Gasteiger partial charge in [-0.3, -0.25) is 4.79 Å². The lowest BCUT2D eigenvalue weighted by atomic mass is 9.92. The molecule has 0 amide bonds. The van der Waals surface area contributed by atoms with Gasteiger partial charge in [0.15, 0.2) is 0 Å². The van der Waals surface area contributed by atoms with E-state index in [0.717, 1.165) is 12.5 Å². The number of piperidine rings is 1. The summed E-state index contributed by atoms with van der Waals surface area (Å²) in [5, 5.41) is 3.44. The first-order valence-corrected chi connectivity index (χ1v) is 5.18. The highest BCUT2D eigenvalue weighted by atomic mass is 35.5. The maximum Gasteiger partial charge on any atom is 0.306 e. The summed E-state index contributed by atoms with van der Waals surface area (Å²) in [5.41, 5.74) is 0. The topological polar surface area (TPSA) is 38.3 Å². The van der Waals surface area contributed by atoms with Crippen molar-refractivity contribution < 1.29 is 9.53 Å². The van der Waals surface area contributed by atoms with Crippen molar-refractivity contribution in [3.63, 3.8) is 0 Å². The number of hydrogen-bond donors (Lipinski definition) is 1. The van der Waals surface area contributed by atoms with Gasteiger partial charge in [-0.1, -0.05) is 0 Å². The molecule has 2 rings (SSSR count). The van der Waals surface area contributed by atoms with Crippen molar-refractivity contribution in [3.8, 4) is 0 Å². The molecule has 3 unspecified atom stereocenters. The molecule has 0 aromatic rings. The van der Waals surface area contributed by atoms with Crippen LogP contribution in [0, 0.1) is 11.8 Å². The van der Waals surface area contributed by atoms with Gasteiger partial charge < -0.3 is 10.1 Å². The summed E-state index contributed by atoms with van der Waals surface area (Å²) in [7, 11) is 0. The molecule has 1 saturated carbocycles. The van der Waals surface area contributed by atoms with E-state index in [1.54, 1.807) is 0 Å². The van der Waals surface area contributed by atoms with Gasteiger partial charge in [0, 0.05) is 12.5 Å². The first kappa shape index (κ1) is 11.8. The van der Waals surface area contributed by atoms with E-state index in [4.69, 9.17) is 4.74 Å². The van der Waals surface area contributed by atoms with Crippen LogP contribution in [0.3, 0.4) is 0 Å². The molecular formula is C10H18ClNO2. The molecule has 3 atom stereocenters. The van der Waals surface area contributed by atoms with E-state index in [0.29, 0.717) is 25.0 Å². The van der Waals surface area contributed by atoms with Crippen LogP contribution in [0.4, 0.5) is 0 Å². The van der Waals surface area contributed by atoms with Crippen molar-refractivity contribution in [3.05, 3.63) is 0 Å². The second kappa shape index (κ2) is 4.99. The van der Waals surface area contributed by atoms with Crippen LogP contribution in [-0.2, 0) is 9.53 Å². The molecule has 2 fully saturated rings. The first-order chi connectivity index (χ1) is 6.29. The summed E-state index contributed by atoms with van der Waals surface area (Å²) in [4.78, 5) is 11.2. The fourth-order valence-electron chi connectivity index (χ4n) is 2.63. The highest BCUT2D eigenvalue weighted by Gasteiger charge is 2.40. The lowest BCUT2D eigenvalue weighted by Gasteiger charge is -2.21. The van der Waals surface area contributed by atoms with Crippen molar-refractivity contribution in [2.24, 2.45) is 11.8 Å². The third-order valence-corrected chi connectivity index (χ3v) is 3.24. The predicted octanol–water partition coefficient (Wildman–Crippen LogP) is 1.36. The van der Waals surface area contributed by atoms with E-state index in [9.17, 15) is 4.79 Å². The molecule has 0 aromatic heterocycles. The third-order valence-electron chi connectivity index (χ3n) is 3.24. The lowest BCUT2D eigenvalue weighted by molar-refractivity contribution is -0.144. The van der Waals surface area contributed by atoms with Crippen molar-refractivity contribution in [2.75, 3.05) is 13.2 Å². The molecule has 1 heterocycles. The molecule has 1 aliphatic heterocycles.